The van der Waals surface area contributed by atoms with Gasteiger partial charge < -0.3 is 0 Å². The highest BCUT2D eigenvalue weighted by molar-refractivity contribution is 7.18. The van der Waals surface area contributed by atoms with Crippen molar-refractivity contribution in [3.63, 3.8) is 0 Å². The monoisotopic (exact) mass is 203 g/mol. The van der Waals surface area contributed by atoms with Gasteiger partial charge in [-0.1, -0.05) is 6.07 Å². The fourth-order valence-corrected chi connectivity index (χ4v) is 3.21. The molecule has 0 aliphatic heterocycles. The van der Waals surface area contributed by atoms with Gasteiger partial charge in [-0.3, -0.25) is 0 Å². The van der Waals surface area contributed by atoms with Crippen molar-refractivity contribution < 1.29 is 0 Å². The molecule has 1 aliphatic rings. The zero-order chi connectivity index (χ0) is 9.71. The van der Waals surface area contributed by atoms with Crippen LogP contribution in [0.3, 0.4) is 0 Å². The largest absolute Gasteiger partial charge is 0.241 e. The molecule has 0 bridgehead atoms. The van der Waals surface area contributed by atoms with Gasteiger partial charge in [-0.25, -0.2) is 4.98 Å². The van der Waals surface area contributed by atoms with Crippen LogP contribution in [0.15, 0.2) is 12.1 Å². The van der Waals surface area contributed by atoms with E-state index in [4.69, 9.17) is 4.98 Å². The molecule has 2 aromatic rings. The number of aryl methyl sites for hydroxylation is 2. The minimum atomic E-state index is 0.784. The quantitative estimate of drug-likeness (QED) is 0.687. The van der Waals surface area contributed by atoms with Crippen molar-refractivity contribution in [2.75, 3.05) is 0 Å². The molecule has 1 saturated carbocycles. The first kappa shape index (κ1) is 8.42. The number of hydrogen-bond donors (Lipinski definition) is 0. The van der Waals surface area contributed by atoms with Gasteiger partial charge in [-0.2, -0.15) is 0 Å². The smallest absolute Gasteiger partial charge is 0.0969 e. The van der Waals surface area contributed by atoms with E-state index in [1.165, 1.54) is 39.2 Å². The third-order valence-corrected chi connectivity index (χ3v) is 3.94. The van der Waals surface area contributed by atoms with Crippen LogP contribution in [-0.4, -0.2) is 4.98 Å². The van der Waals surface area contributed by atoms with E-state index in [9.17, 15) is 0 Å². The first-order chi connectivity index (χ1) is 6.74. The SMILES string of the molecule is Cc1cc(C)c2nc(C3CC3)sc2c1. The number of nitrogens with zero attached hydrogens (tertiary/aromatic N) is 1. The van der Waals surface area contributed by atoms with Crippen LogP contribution >= 0.6 is 11.3 Å². The first-order valence-corrected chi connectivity index (χ1v) is 5.93. The van der Waals surface area contributed by atoms with Crippen molar-refractivity contribution in [2.45, 2.75) is 32.6 Å². The summed E-state index contributed by atoms with van der Waals surface area (Å²) in [6.45, 7) is 4.31. The maximum atomic E-state index is 4.73. The van der Waals surface area contributed by atoms with Crippen LogP contribution in [0.5, 0.6) is 0 Å². The van der Waals surface area contributed by atoms with Crippen molar-refractivity contribution in [3.8, 4) is 0 Å². The van der Waals surface area contributed by atoms with E-state index in [2.05, 4.69) is 26.0 Å². The maximum absolute atomic E-state index is 4.73. The van der Waals surface area contributed by atoms with E-state index >= 15 is 0 Å². The molecule has 1 fully saturated rings. The van der Waals surface area contributed by atoms with Gasteiger partial charge in [0.2, 0.25) is 0 Å². The summed E-state index contributed by atoms with van der Waals surface area (Å²) in [5, 5.41) is 1.36. The zero-order valence-corrected chi connectivity index (χ0v) is 9.32. The van der Waals surface area contributed by atoms with E-state index in [1.807, 2.05) is 11.3 Å². The zero-order valence-electron chi connectivity index (χ0n) is 8.50. The summed E-state index contributed by atoms with van der Waals surface area (Å²) in [5.74, 6) is 0.784. The number of aromatic nitrogens is 1. The highest BCUT2D eigenvalue weighted by atomic mass is 32.1. The second-order valence-electron chi connectivity index (χ2n) is 4.25. The minimum Gasteiger partial charge on any atom is -0.241 e. The molecule has 1 aromatic heterocycles. The van der Waals surface area contributed by atoms with Crippen molar-refractivity contribution in [1.29, 1.82) is 0 Å². The van der Waals surface area contributed by atoms with Gasteiger partial charge in [0, 0.05) is 5.92 Å². The summed E-state index contributed by atoms with van der Waals surface area (Å²) in [7, 11) is 0. The summed E-state index contributed by atoms with van der Waals surface area (Å²) < 4.78 is 1.37. The van der Waals surface area contributed by atoms with Crippen LogP contribution in [0, 0.1) is 13.8 Å². The summed E-state index contributed by atoms with van der Waals surface area (Å²) in [6.07, 6.45) is 2.69. The van der Waals surface area contributed by atoms with E-state index < -0.39 is 0 Å². The fourth-order valence-electron chi connectivity index (χ4n) is 1.89. The molecule has 1 heterocycles. The van der Waals surface area contributed by atoms with E-state index in [-0.39, 0.29) is 0 Å². The molecular weight excluding hydrogens is 190 g/mol. The average molecular weight is 203 g/mol. The van der Waals surface area contributed by atoms with Crippen molar-refractivity contribution in [1.82, 2.24) is 4.98 Å². The maximum Gasteiger partial charge on any atom is 0.0969 e. The van der Waals surface area contributed by atoms with Gasteiger partial charge in [-0.05, 0) is 43.9 Å². The summed E-state index contributed by atoms with van der Waals surface area (Å²) >= 11 is 1.89. The molecule has 0 unspecified atom stereocenters. The molecule has 0 radical (unpaired) electrons. The molecule has 0 saturated heterocycles. The lowest BCUT2D eigenvalue weighted by molar-refractivity contribution is 1.09. The second-order valence-corrected chi connectivity index (χ2v) is 5.32. The molecule has 0 atom stereocenters. The summed E-state index contributed by atoms with van der Waals surface area (Å²) in [6, 6.07) is 4.48. The Labute approximate surface area is 87.8 Å². The Hall–Kier alpha value is -0.890. The number of fused-ring (bicyclic) bond motifs is 1. The standard InChI is InChI=1S/C12H13NS/c1-7-5-8(2)11-10(6-7)14-12(13-11)9-3-4-9/h5-6,9H,3-4H2,1-2H3. The molecule has 0 amide bonds. The Bertz CT molecular complexity index is 494. The minimum absolute atomic E-state index is 0.784. The summed E-state index contributed by atoms with van der Waals surface area (Å²) in [4.78, 5) is 4.73. The van der Waals surface area contributed by atoms with Gasteiger partial charge in [0.05, 0.1) is 15.2 Å². The van der Waals surface area contributed by atoms with E-state index in [0.29, 0.717) is 0 Å². The number of rotatable bonds is 1. The normalized spacial score (nSPS) is 16.4. The van der Waals surface area contributed by atoms with Gasteiger partial charge >= 0.3 is 0 Å². The van der Waals surface area contributed by atoms with Gasteiger partial charge in [-0.15, -0.1) is 11.3 Å². The van der Waals surface area contributed by atoms with Crippen molar-refractivity contribution in [2.24, 2.45) is 0 Å². The predicted molar refractivity (Wildman–Crippen MR) is 61.1 cm³/mol. The van der Waals surface area contributed by atoms with Crippen LogP contribution in [-0.2, 0) is 0 Å². The molecule has 0 spiro atoms. The van der Waals surface area contributed by atoms with Crippen LogP contribution in [0.1, 0.15) is 34.9 Å². The molecule has 72 valence electrons. The van der Waals surface area contributed by atoms with Crippen molar-refractivity contribution >= 4 is 21.6 Å². The van der Waals surface area contributed by atoms with Crippen LogP contribution in [0.4, 0.5) is 0 Å². The fraction of sp³-hybridized carbons (Fsp3) is 0.417. The highest BCUT2D eigenvalue weighted by Crippen LogP contribution is 2.43. The third kappa shape index (κ3) is 1.25. The lowest BCUT2D eigenvalue weighted by atomic mass is 10.1. The predicted octanol–water partition coefficient (Wildman–Crippen LogP) is 3.79. The first-order valence-electron chi connectivity index (χ1n) is 5.12. The van der Waals surface area contributed by atoms with E-state index in [1.54, 1.807) is 0 Å². The van der Waals surface area contributed by atoms with Gasteiger partial charge in [0.15, 0.2) is 0 Å². The Morgan fingerprint density at radius 3 is 2.79 bits per heavy atom. The molecular formula is C12H13NS. The van der Waals surface area contributed by atoms with Crippen LogP contribution in [0.25, 0.3) is 10.2 Å². The molecule has 2 heteroatoms. The molecule has 3 rings (SSSR count). The Kier molecular flexibility index (Phi) is 1.68. The topological polar surface area (TPSA) is 12.9 Å². The second kappa shape index (κ2) is 2.80. The van der Waals surface area contributed by atoms with Gasteiger partial charge in [0.1, 0.15) is 0 Å². The van der Waals surface area contributed by atoms with Crippen molar-refractivity contribution in [3.05, 3.63) is 28.3 Å². The third-order valence-electron chi connectivity index (χ3n) is 2.77. The van der Waals surface area contributed by atoms with Crippen LogP contribution in [0.2, 0.25) is 0 Å². The average Bonchev–Trinajstić information content (AvgIpc) is 2.87. The molecule has 14 heavy (non-hydrogen) atoms. The number of benzene rings is 1. The lowest BCUT2D eigenvalue weighted by Crippen LogP contribution is -1.80. The van der Waals surface area contributed by atoms with E-state index in [0.717, 1.165) is 5.92 Å². The highest BCUT2D eigenvalue weighted by Gasteiger charge is 2.27. The molecule has 1 nitrogen and oxygen atoms in total. The Balaban J connectivity index is 2.26. The lowest BCUT2D eigenvalue weighted by Gasteiger charge is -1.95. The molecule has 1 aliphatic carbocycles. The molecule has 1 aromatic carbocycles. The summed E-state index contributed by atoms with van der Waals surface area (Å²) in [5.41, 5.74) is 3.90. The van der Waals surface area contributed by atoms with Gasteiger partial charge in [0.25, 0.3) is 0 Å². The Morgan fingerprint density at radius 2 is 2.07 bits per heavy atom. The Morgan fingerprint density at radius 1 is 1.29 bits per heavy atom. The number of thiazole rings is 1. The molecule has 0 N–H and O–H groups in total. The number of hydrogen-bond acceptors (Lipinski definition) is 2. The van der Waals surface area contributed by atoms with Crippen LogP contribution < -0.4 is 0 Å².